The van der Waals surface area contributed by atoms with Crippen molar-refractivity contribution in [1.29, 1.82) is 0 Å². The van der Waals surface area contributed by atoms with Gasteiger partial charge < -0.3 is 25.5 Å². The highest BCUT2D eigenvalue weighted by Crippen LogP contribution is 1.95. The Balaban J connectivity index is 3.39. The van der Waals surface area contributed by atoms with Gasteiger partial charge in [0.25, 0.3) is 0 Å². The van der Waals surface area contributed by atoms with Crippen LogP contribution in [0.2, 0.25) is 0 Å². The van der Waals surface area contributed by atoms with E-state index in [1.165, 1.54) is 0 Å². The lowest BCUT2D eigenvalue weighted by Crippen LogP contribution is -2.68. The molecular weight excluding hydrogens is 150 g/mol. The smallest absolute Gasteiger partial charge is 0.124 e. The van der Waals surface area contributed by atoms with Crippen molar-refractivity contribution >= 4 is 11.9 Å². The number of carbonyl (C=O) groups excluding carboxylic acids is 2. The van der Waals surface area contributed by atoms with Crippen LogP contribution in [0.4, 0.5) is 0 Å². The van der Waals surface area contributed by atoms with Gasteiger partial charge in [0.15, 0.2) is 0 Å². The van der Waals surface area contributed by atoms with Gasteiger partial charge in [-0.25, -0.2) is 0 Å². The summed E-state index contributed by atoms with van der Waals surface area (Å²) in [4.78, 5) is 19.9. The van der Waals surface area contributed by atoms with Crippen molar-refractivity contribution in [1.82, 2.24) is 0 Å². The molecule has 0 aliphatic carbocycles. The highest BCUT2D eigenvalue weighted by atomic mass is 16.4. The van der Waals surface area contributed by atoms with E-state index in [2.05, 4.69) is 5.73 Å². The normalized spacial score (nSPS) is 12.5. The second-order valence-electron chi connectivity index (χ2n) is 2.28. The Morgan fingerprint density at radius 1 is 1.36 bits per heavy atom. The van der Waals surface area contributed by atoms with Crippen molar-refractivity contribution in [2.24, 2.45) is 0 Å². The number of hydrogen-bond acceptors (Lipinski definition) is 4. The summed E-state index contributed by atoms with van der Waals surface area (Å²) in [6, 6.07) is -0.825. The number of aliphatic carboxylic acids is 2. The lowest BCUT2D eigenvalue weighted by molar-refractivity contribution is -0.438. The molecule has 0 aliphatic rings. The van der Waals surface area contributed by atoms with E-state index >= 15 is 0 Å². The molecule has 0 spiro atoms. The van der Waals surface area contributed by atoms with Crippen LogP contribution < -0.4 is 15.9 Å². The number of carboxylic acids is 2. The second kappa shape index (κ2) is 4.68. The first-order valence-electron chi connectivity index (χ1n) is 3.28. The molecule has 5 heteroatoms. The van der Waals surface area contributed by atoms with Gasteiger partial charge in [-0.2, -0.15) is 0 Å². The summed E-state index contributed by atoms with van der Waals surface area (Å²) in [5.41, 5.74) is 3.26. The van der Waals surface area contributed by atoms with Gasteiger partial charge in [0.1, 0.15) is 6.04 Å². The Labute approximate surface area is 63.8 Å². The maximum Gasteiger partial charge on any atom is 0.124 e. The van der Waals surface area contributed by atoms with Crippen molar-refractivity contribution < 1.29 is 25.5 Å². The van der Waals surface area contributed by atoms with Gasteiger partial charge in [-0.05, 0) is 12.8 Å². The summed E-state index contributed by atoms with van der Waals surface area (Å²) in [5.74, 6) is -2.42. The minimum Gasteiger partial charge on any atom is -0.550 e. The highest BCUT2D eigenvalue weighted by molar-refractivity contribution is 5.69. The van der Waals surface area contributed by atoms with Gasteiger partial charge in [-0.3, -0.25) is 0 Å². The maximum absolute atomic E-state index is 10.0. The Hall–Kier alpha value is -1.10. The molecule has 0 rings (SSSR count). The molecule has 0 amide bonds. The van der Waals surface area contributed by atoms with E-state index < -0.39 is 18.0 Å². The predicted octanol–water partition coefficient (Wildman–Crippen LogP) is -3.73. The Kier molecular flexibility index (Phi) is 4.21. The SMILES string of the molecule is [NH3+][C@@H](CCCC(=O)[O-])C(=O)[O-]. The van der Waals surface area contributed by atoms with Gasteiger partial charge in [0, 0.05) is 12.4 Å². The molecule has 0 aromatic carbocycles. The van der Waals surface area contributed by atoms with Gasteiger partial charge in [-0.1, -0.05) is 0 Å². The molecule has 0 bridgehead atoms. The van der Waals surface area contributed by atoms with Crippen molar-refractivity contribution in [2.45, 2.75) is 25.3 Å². The summed E-state index contributed by atoms with van der Waals surface area (Å²) in [7, 11) is 0. The molecule has 64 valence electrons. The van der Waals surface area contributed by atoms with Gasteiger partial charge in [0.05, 0.1) is 5.97 Å². The monoisotopic (exact) mass is 160 g/mol. The van der Waals surface area contributed by atoms with Crippen LogP contribution in [0.3, 0.4) is 0 Å². The first kappa shape index (κ1) is 9.90. The zero-order valence-electron chi connectivity index (χ0n) is 6.04. The minimum absolute atomic E-state index is 0.126. The quantitative estimate of drug-likeness (QED) is 0.446. The molecule has 0 radical (unpaired) electrons. The minimum atomic E-state index is -1.25. The summed E-state index contributed by atoms with van der Waals surface area (Å²) in [5, 5.41) is 19.9. The van der Waals surface area contributed by atoms with Crippen molar-refractivity contribution in [3.8, 4) is 0 Å². The Morgan fingerprint density at radius 2 is 1.91 bits per heavy atom. The lowest BCUT2D eigenvalue weighted by Gasteiger charge is -2.08. The van der Waals surface area contributed by atoms with Crippen LogP contribution in [0.25, 0.3) is 0 Å². The molecular formula is C6H10NO4-. The summed E-state index contributed by atoms with van der Waals surface area (Å²) >= 11 is 0. The van der Waals surface area contributed by atoms with Crippen molar-refractivity contribution in [3.05, 3.63) is 0 Å². The molecule has 0 aromatic heterocycles. The first-order valence-corrected chi connectivity index (χ1v) is 3.28. The van der Waals surface area contributed by atoms with E-state index in [9.17, 15) is 19.8 Å². The molecule has 0 saturated carbocycles. The molecule has 0 aliphatic heterocycles. The second-order valence-corrected chi connectivity index (χ2v) is 2.28. The van der Waals surface area contributed by atoms with Crippen LogP contribution in [0.15, 0.2) is 0 Å². The fraction of sp³-hybridized carbons (Fsp3) is 0.667. The van der Waals surface area contributed by atoms with E-state index in [1.807, 2.05) is 0 Å². The molecule has 0 heterocycles. The molecule has 3 N–H and O–H groups in total. The maximum atomic E-state index is 10.0. The average Bonchev–Trinajstić information content (AvgIpc) is 1.86. The number of hydrogen-bond donors (Lipinski definition) is 1. The van der Waals surface area contributed by atoms with Gasteiger partial charge in [0.2, 0.25) is 0 Å². The molecule has 5 nitrogen and oxygen atoms in total. The number of rotatable bonds is 5. The lowest BCUT2D eigenvalue weighted by atomic mass is 10.1. The van der Waals surface area contributed by atoms with Gasteiger partial charge >= 0.3 is 0 Å². The van der Waals surface area contributed by atoms with Crippen molar-refractivity contribution in [2.75, 3.05) is 0 Å². The van der Waals surface area contributed by atoms with E-state index in [4.69, 9.17) is 0 Å². The summed E-state index contributed by atoms with van der Waals surface area (Å²) < 4.78 is 0. The highest BCUT2D eigenvalue weighted by Gasteiger charge is 2.05. The van der Waals surface area contributed by atoms with Crippen LogP contribution in [0.1, 0.15) is 19.3 Å². The van der Waals surface area contributed by atoms with E-state index in [1.54, 1.807) is 0 Å². The largest absolute Gasteiger partial charge is 0.550 e. The molecule has 0 aromatic rings. The van der Waals surface area contributed by atoms with Crippen LogP contribution in [-0.4, -0.2) is 18.0 Å². The van der Waals surface area contributed by atoms with Crippen molar-refractivity contribution in [3.63, 3.8) is 0 Å². The standard InChI is InChI=1S/C6H11NO4/c7-4(6(10)11)2-1-3-5(8)9/h4H,1-3,7H2,(H,8,9)(H,10,11)/p-1/t4-/m0/s1. The van der Waals surface area contributed by atoms with Crippen LogP contribution >= 0.6 is 0 Å². The number of carboxylic acid groups (broad SMARTS) is 2. The third-order valence-electron chi connectivity index (χ3n) is 1.27. The van der Waals surface area contributed by atoms with E-state index in [0.29, 0.717) is 0 Å². The fourth-order valence-electron chi connectivity index (χ4n) is 0.611. The number of carbonyl (C=O) groups is 2. The van der Waals surface area contributed by atoms with Crippen LogP contribution in [0, 0.1) is 0 Å². The molecule has 1 atom stereocenters. The fourth-order valence-corrected chi connectivity index (χ4v) is 0.611. The molecule has 11 heavy (non-hydrogen) atoms. The first-order chi connectivity index (χ1) is 5.04. The Morgan fingerprint density at radius 3 is 2.27 bits per heavy atom. The topological polar surface area (TPSA) is 108 Å². The van der Waals surface area contributed by atoms with Crippen LogP contribution in [0.5, 0.6) is 0 Å². The molecule has 0 saturated heterocycles. The van der Waals surface area contributed by atoms with E-state index in [0.717, 1.165) is 0 Å². The third-order valence-corrected chi connectivity index (χ3v) is 1.27. The zero-order valence-corrected chi connectivity index (χ0v) is 6.04. The molecule has 0 fully saturated rings. The number of quaternary nitrogens is 1. The summed E-state index contributed by atoms with van der Waals surface area (Å²) in [6.07, 6.45) is 0.361. The van der Waals surface area contributed by atoms with Gasteiger partial charge in [-0.15, -0.1) is 0 Å². The zero-order chi connectivity index (χ0) is 8.85. The van der Waals surface area contributed by atoms with E-state index in [-0.39, 0.29) is 19.3 Å². The average molecular weight is 160 g/mol. The summed E-state index contributed by atoms with van der Waals surface area (Å²) in [6.45, 7) is 0. The van der Waals surface area contributed by atoms with Crippen LogP contribution in [-0.2, 0) is 9.59 Å². The third kappa shape index (κ3) is 5.35. The molecule has 0 unspecified atom stereocenters. The Bertz CT molecular complexity index is 157. The predicted molar refractivity (Wildman–Crippen MR) is 30.5 cm³/mol.